The van der Waals surface area contributed by atoms with Gasteiger partial charge in [-0.3, -0.25) is 4.99 Å². The van der Waals surface area contributed by atoms with E-state index < -0.39 is 0 Å². The van der Waals surface area contributed by atoms with Gasteiger partial charge in [0.1, 0.15) is 0 Å². The summed E-state index contributed by atoms with van der Waals surface area (Å²) in [7, 11) is 3.82. The van der Waals surface area contributed by atoms with Crippen molar-refractivity contribution in [2.75, 3.05) is 33.9 Å². The molecule has 1 heterocycles. The molecule has 0 bridgehead atoms. The van der Waals surface area contributed by atoms with Crippen molar-refractivity contribution in [1.29, 1.82) is 0 Å². The summed E-state index contributed by atoms with van der Waals surface area (Å²) in [6, 6.07) is 5.52. The topological polar surface area (TPSA) is 36.9 Å². The van der Waals surface area contributed by atoms with E-state index in [1.165, 1.54) is 0 Å². The van der Waals surface area contributed by atoms with Crippen LogP contribution in [-0.2, 0) is 11.3 Å². The van der Waals surface area contributed by atoms with Gasteiger partial charge in [0.05, 0.1) is 6.61 Å². The number of ether oxygens (including phenoxy) is 1. The van der Waals surface area contributed by atoms with E-state index in [0.29, 0.717) is 22.5 Å². The van der Waals surface area contributed by atoms with Crippen LogP contribution in [0.15, 0.2) is 23.2 Å². The Labute approximate surface area is 159 Å². The second-order valence-electron chi connectivity index (χ2n) is 5.25. The maximum absolute atomic E-state index is 6.18. The van der Waals surface area contributed by atoms with Crippen molar-refractivity contribution in [1.82, 2.24) is 10.2 Å². The van der Waals surface area contributed by atoms with E-state index in [0.717, 1.165) is 37.7 Å². The van der Waals surface area contributed by atoms with Gasteiger partial charge in [0, 0.05) is 49.8 Å². The van der Waals surface area contributed by atoms with E-state index in [-0.39, 0.29) is 24.0 Å². The molecule has 1 N–H and O–H groups in total. The fraction of sp³-hybridized carbons (Fsp3) is 0.533. The zero-order valence-electron chi connectivity index (χ0n) is 12.8. The third kappa shape index (κ3) is 5.76. The Bertz CT molecular complexity index is 508. The van der Waals surface area contributed by atoms with Gasteiger partial charge in [-0.15, -0.1) is 24.0 Å². The summed E-state index contributed by atoms with van der Waals surface area (Å²) >= 11 is 12.1. The molecule has 1 saturated heterocycles. The van der Waals surface area contributed by atoms with Crippen LogP contribution in [0.25, 0.3) is 0 Å². The molecule has 7 heteroatoms. The minimum atomic E-state index is 0. The maximum Gasteiger partial charge on any atom is 0.193 e. The fourth-order valence-electron chi connectivity index (χ4n) is 2.43. The maximum atomic E-state index is 6.18. The molecule has 22 heavy (non-hydrogen) atoms. The highest BCUT2D eigenvalue weighted by atomic mass is 127. The third-order valence-electron chi connectivity index (χ3n) is 3.58. The molecule has 0 aliphatic carbocycles. The van der Waals surface area contributed by atoms with Crippen LogP contribution in [0.2, 0.25) is 10.0 Å². The number of rotatable bonds is 4. The molecule has 4 nitrogen and oxygen atoms in total. The van der Waals surface area contributed by atoms with E-state index in [1.807, 2.05) is 19.2 Å². The monoisotopic (exact) mass is 457 g/mol. The first-order chi connectivity index (χ1) is 10.1. The number of nitrogens with zero attached hydrogens (tertiary/aromatic N) is 2. The van der Waals surface area contributed by atoms with E-state index in [1.54, 1.807) is 13.1 Å². The average Bonchev–Trinajstić information content (AvgIpc) is 2.94. The van der Waals surface area contributed by atoms with E-state index in [4.69, 9.17) is 27.9 Å². The number of hydrogen-bond donors (Lipinski definition) is 1. The molecular formula is C15H22Cl2IN3O. The highest BCUT2D eigenvalue weighted by Gasteiger charge is 2.19. The summed E-state index contributed by atoms with van der Waals surface area (Å²) in [6.45, 7) is 3.26. The summed E-state index contributed by atoms with van der Waals surface area (Å²) in [5, 5.41) is 4.64. The van der Waals surface area contributed by atoms with Crippen LogP contribution < -0.4 is 5.32 Å². The first-order valence-corrected chi connectivity index (χ1v) is 7.79. The minimum absolute atomic E-state index is 0. The molecule has 2 rings (SSSR count). The van der Waals surface area contributed by atoms with Gasteiger partial charge in [-0.2, -0.15) is 0 Å². The largest absolute Gasteiger partial charge is 0.381 e. The molecule has 124 valence electrons. The Balaban J connectivity index is 0.00000242. The normalized spacial score (nSPS) is 18.0. The molecular weight excluding hydrogens is 436 g/mol. The van der Waals surface area contributed by atoms with Crippen molar-refractivity contribution in [2.45, 2.75) is 13.0 Å². The van der Waals surface area contributed by atoms with Gasteiger partial charge in [-0.25, -0.2) is 0 Å². The summed E-state index contributed by atoms with van der Waals surface area (Å²) in [5.41, 5.74) is 1.000. The Morgan fingerprint density at radius 1 is 1.45 bits per heavy atom. The number of benzene rings is 1. The van der Waals surface area contributed by atoms with Gasteiger partial charge >= 0.3 is 0 Å². The first kappa shape index (κ1) is 19.8. The highest BCUT2D eigenvalue weighted by molar-refractivity contribution is 14.0. The van der Waals surface area contributed by atoms with Gasteiger partial charge in [0.25, 0.3) is 0 Å². The van der Waals surface area contributed by atoms with Crippen molar-refractivity contribution in [3.63, 3.8) is 0 Å². The van der Waals surface area contributed by atoms with Crippen LogP contribution in [0.4, 0.5) is 0 Å². The van der Waals surface area contributed by atoms with E-state index in [2.05, 4.69) is 15.2 Å². The predicted octanol–water partition coefficient (Wildman–Crippen LogP) is 3.66. The number of hydrogen-bond acceptors (Lipinski definition) is 2. The minimum Gasteiger partial charge on any atom is -0.381 e. The number of guanidine groups is 1. The lowest BCUT2D eigenvalue weighted by molar-refractivity contribution is 0.181. The summed E-state index contributed by atoms with van der Waals surface area (Å²) in [4.78, 5) is 6.44. The van der Waals surface area contributed by atoms with Crippen LogP contribution in [-0.4, -0.2) is 44.7 Å². The zero-order chi connectivity index (χ0) is 15.2. The Kier molecular flexibility index (Phi) is 8.82. The lowest BCUT2D eigenvalue weighted by atomic mass is 10.1. The standard InChI is InChI=1S/C15H21Cl2N3O.HI/c1-18-15(20(2)9-11-5-6-21-10-11)19-8-12-3-4-13(16)7-14(12)17;/h3-4,7,11H,5-6,8-10H2,1-2H3,(H,18,19);1H. The molecule has 1 fully saturated rings. The Morgan fingerprint density at radius 3 is 2.82 bits per heavy atom. The summed E-state index contributed by atoms with van der Waals surface area (Å²) in [6.07, 6.45) is 1.12. The van der Waals surface area contributed by atoms with Gasteiger partial charge in [-0.1, -0.05) is 29.3 Å². The highest BCUT2D eigenvalue weighted by Crippen LogP contribution is 2.20. The van der Waals surface area contributed by atoms with Crippen molar-refractivity contribution >= 4 is 53.1 Å². The second-order valence-corrected chi connectivity index (χ2v) is 6.09. The number of halogens is 3. The predicted molar refractivity (Wildman–Crippen MR) is 104 cm³/mol. The molecule has 1 aromatic carbocycles. The molecule has 1 aliphatic heterocycles. The molecule has 1 aliphatic rings. The number of nitrogens with one attached hydrogen (secondary N) is 1. The molecule has 0 aromatic heterocycles. The zero-order valence-corrected chi connectivity index (χ0v) is 16.7. The van der Waals surface area contributed by atoms with Gasteiger partial charge < -0.3 is 15.0 Å². The van der Waals surface area contributed by atoms with Crippen molar-refractivity contribution in [3.8, 4) is 0 Å². The lowest BCUT2D eigenvalue weighted by Gasteiger charge is -2.24. The van der Waals surface area contributed by atoms with Gasteiger partial charge in [0.15, 0.2) is 5.96 Å². The van der Waals surface area contributed by atoms with Crippen LogP contribution in [0, 0.1) is 5.92 Å². The molecule has 0 spiro atoms. The second kappa shape index (κ2) is 9.80. The van der Waals surface area contributed by atoms with Crippen LogP contribution in [0.1, 0.15) is 12.0 Å². The third-order valence-corrected chi connectivity index (χ3v) is 4.17. The van der Waals surface area contributed by atoms with Crippen LogP contribution >= 0.6 is 47.2 Å². The first-order valence-electron chi connectivity index (χ1n) is 7.03. The fourth-order valence-corrected chi connectivity index (χ4v) is 2.90. The van der Waals surface area contributed by atoms with Crippen LogP contribution in [0.3, 0.4) is 0 Å². The Morgan fingerprint density at radius 2 is 2.23 bits per heavy atom. The smallest absolute Gasteiger partial charge is 0.193 e. The Hall–Kier alpha value is -0.240. The molecule has 1 unspecified atom stereocenters. The molecule has 0 amide bonds. The average molecular weight is 458 g/mol. The number of aliphatic imine (C=N–C) groups is 1. The quantitative estimate of drug-likeness (QED) is 0.426. The molecule has 0 radical (unpaired) electrons. The van der Waals surface area contributed by atoms with E-state index in [9.17, 15) is 0 Å². The van der Waals surface area contributed by atoms with Crippen molar-refractivity contribution in [2.24, 2.45) is 10.9 Å². The molecule has 1 atom stereocenters. The molecule has 0 saturated carbocycles. The van der Waals surface area contributed by atoms with Gasteiger partial charge in [0.2, 0.25) is 0 Å². The summed E-state index contributed by atoms with van der Waals surface area (Å²) in [5.74, 6) is 1.43. The van der Waals surface area contributed by atoms with Crippen molar-refractivity contribution < 1.29 is 4.74 Å². The van der Waals surface area contributed by atoms with E-state index >= 15 is 0 Å². The SMILES string of the molecule is CN=C(NCc1ccc(Cl)cc1Cl)N(C)CC1CCOC1.I. The van der Waals surface area contributed by atoms with Gasteiger partial charge in [-0.05, 0) is 24.1 Å². The van der Waals surface area contributed by atoms with Crippen molar-refractivity contribution in [3.05, 3.63) is 33.8 Å². The summed E-state index contributed by atoms with van der Waals surface area (Å²) < 4.78 is 5.41. The lowest BCUT2D eigenvalue weighted by Crippen LogP contribution is -2.41. The molecule has 1 aromatic rings. The van der Waals surface area contributed by atoms with Crippen LogP contribution in [0.5, 0.6) is 0 Å².